The van der Waals surface area contributed by atoms with Crippen LogP contribution < -0.4 is 4.74 Å². The summed E-state index contributed by atoms with van der Waals surface area (Å²) >= 11 is 0. The van der Waals surface area contributed by atoms with E-state index in [4.69, 9.17) is 4.74 Å². The molecule has 3 nitrogen and oxygen atoms in total. The van der Waals surface area contributed by atoms with Crippen molar-refractivity contribution in [3.63, 3.8) is 0 Å². The summed E-state index contributed by atoms with van der Waals surface area (Å²) in [6, 6.07) is 7.39. The number of methoxy groups -OCH3 is 1. The van der Waals surface area contributed by atoms with Crippen molar-refractivity contribution in [1.82, 2.24) is 4.90 Å². The molecule has 0 aliphatic carbocycles. The van der Waals surface area contributed by atoms with E-state index < -0.39 is 0 Å². The van der Waals surface area contributed by atoms with Gasteiger partial charge in [0.05, 0.1) is 13.7 Å². The molecule has 0 bridgehead atoms. The van der Waals surface area contributed by atoms with Gasteiger partial charge in [-0.2, -0.15) is 0 Å². The monoisotopic (exact) mass is 261 g/mol. The summed E-state index contributed by atoms with van der Waals surface area (Å²) in [5.41, 5.74) is 0.777. The third-order valence-electron chi connectivity index (χ3n) is 3.96. The van der Waals surface area contributed by atoms with Crippen molar-refractivity contribution < 1.29 is 9.53 Å². The van der Waals surface area contributed by atoms with E-state index in [9.17, 15) is 4.79 Å². The van der Waals surface area contributed by atoms with Crippen LogP contribution in [0.15, 0.2) is 24.3 Å². The van der Waals surface area contributed by atoms with Crippen LogP contribution in [0.2, 0.25) is 0 Å². The second-order valence-corrected chi connectivity index (χ2v) is 5.30. The first-order chi connectivity index (χ1) is 9.22. The molecule has 1 fully saturated rings. The molecule has 0 saturated carbocycles. The summed E-state index contributed by atoms with van der Waals surface area (Å²) in [4.78, 5) is 14.5. The van der Waals surface area contributed by atoms with Crippen LogP contribution in [-0.4, -0.2) is 37.4 Å². The fraction of sp³-hybridized carbons (Fsp3) is 0.562. The quantitative estimate of drug-likeness (QED) is 0.763. The first-order valence-corrected chi connectivity index (χ1v) is 7.12. The zero-order valence-electron chi connectivity index (χ0n) is 11.9. The van der Waals surface area contributed by atoms with Gasteiger partial charge in [0.25, 0.3) is 0 Å². The Hall–Kier alpha value is -1.35. The summed E-state index contributed by atoms with van der Waals surface area (Å²) < 4.78 is 5.11. The highest BCUT2D eigenvalue weighted by Crippen LogP contribution is 2.19. The number of hydrogen-bond acceptors (Lipinski definition) is 3. The molecular weight excluding hydrogens is 238 g/mol. The van der Waals surface area contributed by atoms with E-state index in [-0.39, 0.29) is 5.78 Å². The molecule has 0 amide bonds. The summed E-state index contributed by atoms with van der Waals surface area (Å²) in [6.07, 6.45) is 3.74. The molecule has 3 heteroatoms. The molecule has 1 atom stereocenters. The van der Waals surface area contributed by atoms with Gasteiger partial charge in [0.2, 0.25) is 0 Å². The standard InChI is InChI=1S/C16H23NO2/c1-3-13-5-4-10-17(11-13)12-16(18)14-6-8-15(19-2)9-7-14/h6-9,13H,3-5,10-12H2,1-2H3. The maximum absolute atomic E-state index is 12.2. The van der Waals surface area contributed by atoms with Gasteiger partial charge in [-0.15, -0.1) is 0 Å². The van der Waals surface area contributed by atoms with E-state index in [1.165, 1.54) is 19.3 Å². The lowest BCUT2D eigenvalue weighted by atomic mass is 9.95. The fourth-order valence-electron chi connectivity index (χ4n) is 2.70. The molecule has 1 heterocycles. The Labute approximate surface area is 115 Å². The maximum Gasteiger partial charge on any atom is 0.176 e. The number of ether oxygens (including phenoxy) is 1. The highest BCUT2D eigenvalue weighted by Gasteiger charge is 2.20. The number of carbonyl (C=O) groups is 1. The minimum Gasteiger partial charge on any atom is -0.497 e. The number of likely N-dealkylation sites (tertiary alicyclic amines) is 1. The number of hydrogen-bond donors (Lipinski definition) is 0. The average molecular weight is 261 g/mol. The molecule has 19 heavy (non-hydrogen) atoms. The molecule has 1 aromatic rings. The third-order valence-corrected chi connectivity index (χ3v) is 3.96. The van der Waals surface area contributed by atoms with Crippen molar-refractivity contribution in [2.75, 3.05) is 26.7 Å². The Bertz CT molecular complexity index is 413. The number of rotatable bonds is 5. The second kappa shape index (κ2) is 6.71. The van der Waals surface area contributed by atoms with Gasteiger partial charge in [0.1, 0.15) is 5.75 Å². The lowest BCUT2D eigenvalue weighted by Crippen LogP contribution is -2.38. The molecule has 1 unspecified atom stereocenters. The normalized spacial score (nSPS) is 20.2. The van der Waals surface area contributed by atoms with Crippen molar-refractivity contribution in [1.29, 1.82) is 0 Å². The van der Waals surface area contributed by atoms with E-state index in [1.54, 1.807) is 7.11 Å². The van der Waals surface area contributed by atoms with Crippen LogP contribution >= 0.6 is 0 Å². The number of nitrogens with zero attached hydrogens (tertiary/aromatic N) is 1. The summed E-state index contributed by atoms with van der Waals surface area (Å²) in [5, 5.41) is 0. The van der Waals surface area contributed by atoms with Gasteiger partial charge in [-0.3, -0.25) is 9.69 Å². The summed E-state index contributed by atoms with van der Waals surface area (Å²) in [5.74, 6) is 1.76. The van der Waals surface area contributed by atoms with Gasteiger partial charge in [-0.1, -0.05) is 13.3 Å². The number of carbonyl (C=O) groups excluding carboxylic acids is 1. The maximum atomic E-state index is 12.2. The van der Waals surface area contributed by atoms with E-state index in [2.05, 4.69) is 11.8 Å². The van der Waals surface area contributed by atoms with Gasteiger partial charge in [0.15, 0.2) is 5.78 Å². The number of benzene rings is 1. The lowest BCUT2D eigenvalue weighted by molar-refractivity contribution is 0.0884. The van der Waals surface area contributed by atoms with E-state index in [0.29, 0.717) is 6.54 Å². The van der Waals surface area contributed by atoms with Crippen LogP contribution in [-0.2, 0) is 0 Å². The van der Waals surface area contributed by atoms with Crippen LogP contribution in [0.3, 0.4) is 0 Å². The van der Waals surface area contributed by atoms with Crippen LogP contribution in [0.5, 0.6) is 5.75 Å². The van der Waals surface area contributed by atoms with Gasteiger partial charge in [-0.25, -0.2) is 0 Å². The van der Waals surface area contributed by atoms with Crippen molar-refractivity contribution in [2.45, 2.75) is 26.2 Å². The first kappa shape index (κ1) is 14.1. The second-order valence-electron chi connectivity index (χ2n) is 5.30. The molecule has 1 saturated heterocycles. The highest BCUT2D eigenvalue weighted by atomic mass is 16.5. The van der Waals surface area contributed by atoms with Crippen molar-refractivity contribution in [2.24, 2.45) is 5.92 Å². The smallest absolute Gasteiger partial charge is 0.176 e. The molecule has 104 valence electrons. The van der Waals surface area contributed by atoms with Crippen LogP contribution in [0.25, 0.3) is 0 Å². The lowest BCUT2D eigenvalue weighted by Gasteiger charge is -2.31. The molecule has 0 aromatic heterocycles. The predicted octanol–water partition coefficient (Wildman–Crippen LogP) is 3.00. The summed E-state index contributed by atoms with van der Waals surface area (Å²) in [7, 11) is 1.63. The van der Waals surface area contributed by atoms with Crippen molar-refractivity contribution in [3.8, 4) is 5.75 Å². The zero-order chi connectivity index (χ0) is 13.7. The molecule has 1 aromatic carbocycles. The number of Topliss-reactive ketones (excluding diaryl/α,β-unsaturated/α-hetero) is 1. The third kappa shape index (κ3) is 3.80. The Morgan fingerprint density at radius 1 is 1.37 bits per heavy atom. The van der Waals surface area contributed by atoms with E-state index in [0.717, 1.165) is 30.3 Å². The molecule has 1 aliphatic rings. The molecule has 2 rings (SSSR count). The number of ketones is 1. The largest absolute Gasteiger partial charge is 0.497 e. The van der Waals surface area contributed by atoms with Crippen molar-refractivity contribution >= 4 is 5.78 Å². The highest BCUT2D eigenvalue weighted by molar-refractivity contribution is 5.97. The van der Waals surface area contributed by atoms with E-state index >= 15 is 0 Å². The minimum atomic E-state index is 0.208. The molecule has 0 N–H and O–H groups in total. The zero-order valence-corrected chi connectivity index (χ0v) is 11.9. The molecule has 0 radical (unpaired) electrons. The van der Waals surface area contributed by atoms with Crippen LogP contribution in [0, 0.1) is 5.92 Å². The molecule has 0 spiro atoms. The topological polar surface area (TPSA) is 29.5 Å². The Morgan fingerprint density at radius 2 is 2.11 bits per heavy atom. The average Bonchev–Trinajstić information content (AvgIpc) is 2.47. The van der Waals surface area contributed by atoms with Crippen LogP contribution in [0.4, 0.5) is 0 Å². The van der Waals surface area contributed by atoms with Crippen LogP contribution in [0.1, 0.15) is 36.5 Å². The van der Waals surface area contributed by atoms with Crippen molar-refractivity contribution in [3.05, 3.63) is 29.8 Å². The number of piperidine rings is 1. The Kier molecular flexibility index (Phi) is 4.97. The molecule has 1 aliphatic heterocycles. The van der Waals surface area contributed by atoms with Gasteiger partial charge >= 0.3 is 0 Å². The van der Waals surface area contributed by atoms with Gasteiger partial charge < -0.3 is 4.74 Å². The molecular formula is C16H23NO2. The Balaban J connectivity index is 1.92. The van der Waals surface area contributed by atoms with E-state index in [1.807, 2.05) is 24.3 Å². The predicted molar refractivity (Wildman–Crippen MR) is 76.8 cm³/mol. The summed E-state index contributed by atoms with van der Waals surface area (Å²) in [6.45, 7) is 4.90. The Morgan fingerprint density at radius 3 is 2.74 bits per heavy atom. The van der Waals surface area contributed by atoms with Gasteiger partial charge in [0, 0.05) is 12.1 Å². The first-order valence-electron chi connectivity index (χ1n) is 7.12. The minimum absolute atomic E-state index is 0.208. The SMILES string of the molecule is CCC1CCCN(CC(=O)c2ccc(OC)cc2)C1. The fourth-order valence-corrected chi connectivity index (χ4v) is 2.70. The van der Waals surface area contributed by atoms with Gasteiger partial charge in [-0.05, 0) is 49.6 Å².